The third kappa shape index (κ3) is 0.939. The molecule has 17 heavy (non-hydrogen) atoms. The molecule has 0 heterocycles. The first-order chi connectivity index (χ1) is 7.86. The van der Waals surface area contributed by atoms with Gasteiger partial charge in [0.2, 0.25) is 0 Å². The van der Waals surface area contributed by atoms with E-state index in [2.05, 4.69) is 20.8 Å². The van der Waals surface area contributed by atoms with E-state index >= 15 is 0 Å². The van der Waals surface area contributed by atoms with E-state index in [1.165, 1.54) is 13.5 Å². The number of methoxy groups -OCH3 is 2. The summed E-state index contributed by atoms with van der Waals surface area (Å²) in [5.41, 5.74) is 0.121. The van der Waals surface area contributed by atoms with Gasteiger partial charge in [0.1, 0.15) is 0 Å². The Morgan fingerprint density at radius 2 is 1.88 bits per heavy atom. The van der Waals surface area contributed by atoms with E-state index < -0.39 is 0 Å². The van der Waals surface area contributed by atoms with Gasteiger partial charge in [-0.3, -0.25) is 4.79 Å². The highest BCUT2D eigenvalue weighted by molar-refractivity contribution is 5.81. The second-order valence-corrected chi connectivity index (χ2v) is 6.84. The summed E-state index contributed by atoms with van der Waals surface area (Å²) in [7, 11) is 3.23. The molecule has 0 radical (unpaired) electrons. The normalized spacial score (nSPS) is 53.4. The van der Waals surface area contributed by atoms with Gasteiger partial charge in [0, 0.05) is 12.5 Å². The first kappa shape index (κ1) is 11.5. The first-order valence-electron chi connectivity index (χ1n) is 6.49. The molecule has 4 saturated carbocycles. The summed E-state index contributed by atoms with van der Waals surface area (Å²) in [6.07, 6.45) is 2.27. The molecule has 0 spiro atoms. The van der Waals surface area contributed by atoms with Gasteiger partial charge in [0.15, 0.2) is 0 Å². The number of rotatable bonds is 2. The second kappa shape index (κ2) is 2.87. The van der Waals surface area contributed by atoms with Crippen molar-refractivity contribution in [3.8, 4) is 0 Å². The van der Waals surface area contributed by atoms with Crippen molar-refractivity contribution >= 4 is 5.97 Å². The molecular weight excluding hydrogens is 216 g/mol. The molecule has 5 atom stereocenters. The van der Waals surface area contributed by atoms with Crippen LogP contribution in [0.1, 0.15) is 33.6 Å². The summed E-state index contributed by atoms with van der Waals surface area (Å²) in [6.45, 7) is 6.90. The Balaban J connectivity index is 1.99. The number of hydrogen-bond donors (Lipinski definition) is 0. The van der Waals surface area contributed by atoms with Gasteiger partial charge in [-0.05, 0) is 30.1 Å². The van der Waals surface area contributed by atoms with E-state index in [4.69, 9.17) is 9.47 Å². The molecule has 0 N–H and O–H groups in total. The summed E-state index contributed by atoms with van der Waals surface area (Å²) in [5.74, 6) is 1.16. The lowest BCUT2D eigenvalue weighted by Crippen LogP contribution is -2.57. The van der Waals surface area contributed by atoms with Crippen molar-refractivity contribution in [2.45, 2.75) is 39.2 Å². The third-order valence-corrected chi connectivity index (χ3v) is 6.44. The predicted molar refractivity (Wildman–Crippen MR) is 63.3 cm³/mol. The fourth-order valence-corrected chi connectivity index (χ4v) is 5.24. The summed E-state index contributed by atoms with van der Waals surface area (Å²) in [6, 6.07) is 0. The van der Waals surface area contributed by atoms with Crippen molar-refractivity contribution in [1.82, 2.24) is 0 Å². The van der Waals surface area contributed by atoms with Gasteiger partial charge in [-0.25, -0.2) is 0 Å². The third-order valence-electron chi connectivity index (χ3n) is 6.44. The number of carbonyl (C=O) groups excluding carboxylic acids is 1. The average molecular weight is 238 g/mol. The lowest BCUT2D eigenvalue weighted by molar-refractivity contribution is -0.163. The Morgan fingerprint density at radius 1 is 1.24 bits per heavy atom. The fourth-order valence-electron chi connectivity index (χ4n) is 5.24. The predicted octanol–water partition coefficient (Wildman–Crippen LogP) is 2.25. The maximum absolute atomic E-state index is 12.0. The Morgan fingerprint density at radius 3 is 2.35 bits per heavy atom. The molecule has 0 aromatic carbocycles. The molecule has 0 amide bonds. The first-order valence-corrected chi connectivity index (χ1v) is 6.49. The minimum absolute atomic E-state index is 0.00685. The molecule has 0 aromatic rings. The van der Waals surface area contributed by atoms with Gasteiger partial charge in [-0.15, -0.1) is 0 Å². The molecular formula is C14H22O3. The number of ether oxygens (including phenoxy) is 2. The molecule has 4 rings (SSSR count). The van der Waals surface area contributed by atoms with Gasteiger partial charge in [-0.2, -0.15) is 0 Å². The molecule has 0 saturated heterocycles. The van der Waals surface area contributed by atoms with Crippen LogP contribution in [0.5, 0.6) is 0 Å². The van der Waals surface area contributed by atoms with Gasteiger partial charge in [0.25, 0.3) is 0 Å². The highest BCUT2D eigenvalue weighted by Crippen LogP contribution is 2.83. The summed E-state index contributed by atoms with van der Waals surface area (Å²) in [5, 5.41) is 0. The molecule has 4 fully saturated rings. The summed E-state index contributed by atoms with van der Waals surface area (Å²) >= 11 is 0. The lowest BCUT2D eigenvalue weighted by Gasteiger charge is -2.61. The minimum atomic E-state index is -0.233. The standard InChI is InChI=1S/C14H22O3/c1-12(2)8-6-9(12)13(3)10(11(15)16-4)14(13,7-8)17-5/h8-10H,6-7H2,1-5H3/t8-,9-,10-,13+,14+/m1/s1. The molecule has 0 unspecified atom stereocenters. The smallest absolute Gasteiger partial charge is 0.312 e. The maximum atomic E-state index is 12.0. The van der Waals surface area contributed by atoms with Gasteiger partial charge >= 0.3 is 5.97 Å². The van der Waals surface area contributed by atoms with Crippen LogP contribution in [0, 0.1) is 28.6 Å². The fraction of sp³-hybridized carbons (Fsp3) is 0.929. The van der Waals surface area contributed by atoms with E-state index in [0.29, 0.717) is 17.3 Å². The van der Waals surface area contributed by atoms with Crippen LogP contribution < -0.4 is 0 Å². The Labute approximate surface area is 103 Å². The Bertz CT molecular complexity index is 389. The SMILES string of the molecule is COC(=O)[C@@H]1[C@]2(C)[C@@H]3C[C@H](C[C@]12OC)C3(C)C. The molecule has 96 valence electrons. The van der Waals surface area contributed by atoms with Crippen LogP contribution in [-0.4, -0.2) is 25.8 Å². The number of esters is 1. The van der Waals surface area contributed by atoms with E-state index in [0.717, 1.165) is 6.42 Å². The maximum Gasteiger partial charge on any atom is 0.312 e. The molecule has 2 bridgehead atoms. The van der Waals surface area contributed by atoms with Gasteiger partial charge in [0.05, 0.1) is 18.6 Å². The number of carbonyl (C=O) groups is 1. The zero-order valence-electron chi connectivity index (χ0n) is 11.4. The highest BCUT2D eigenvalue weighted by Gasteiger charge is 2.87. The quantitative estimate of drug-likeness (QED) is 0.692. The summed E-state index contributed by atoms with van der Waals surface area (Å²) in [4.78, 5) is 12.0. The Hall–Kier alpha value is -0.570. The molecule has 3 nitrogen and oxygen atoms in total. The molecule has 0 aliphatic heterocycles. The van der Waals surface area contributed by atoms with Crippen LogP contribution in [0.3, 0.4) is 0 Å². The van der Waals surface area contributed by atoms with E-state index in [1.54, 1.807) is 7.11 Å². The zero-order chi connectivity index (χ0) is 12.6. The van der Waals surface area contributed by atoms with Crippen LogP contribution >= 0.6 is 0 Å². The van der Waals surface area contributed by atoms with Crippen LogP contribution in [-0.2, 0) is 14.3 Å². The van der Waals surface area contributed by atoms with Crippen molar-refractivity contribution in [3.63, 3.8) is 0 Å². The van der Waals surface area contributed by atoms with Gasteiger partial charge in [-0.1, -0.05) is 20.8 Å². The largest absolute Gasteiger partial charge is 0.469 e. The van der Waals surface area contributed by atoms with Crippen LogP contribution in [0.4, 0.5) is 0 Å². The lowest BCUT2D eigenvalue weighted by atomic mass is 9.45. The van der Waals surface area contributed by atoms with E-state index in [1.807, 2.05) is 0 Å². The average Bonchev–Trinajstić information content (AvgIpc) is 2.88. The van der Waals surface area contributed by atoms with E-state index in [-0.39, 0.29) is 22.9 Å². The molecule has 4 aliphatic rings. The molecule has 4 aliphatic carbocycles. The number of hydrogen-bond acceptors (Lipinski definition) is 3. The topological polar surface area (TPSA) is 35.5 Å². The van der Waals surface area contributed by atoms with Crippen molar-refractivity contribution in [3.05, 3.63) is 0 Å². The monoisotopic (exact) mass is 238 g/mol. The van der Waals surface area contributed by atoms with Gasteiger partial charge < -0.3 is 9.47 Å². The van der Waals surface area contributed by atoms with Crippen LogP contribution in [0.15, 0.2) is 0 Å². The minimum Gasteiger partial charge on any atom is -0.469 e. The zero-order valence-corrected chi connectivity index (χ0v) is 11.4. The second-order valence-electron chi connectivity index (χ2n) is 6.84. The van der Waals surface area contributed by atoms with Crippen molar-refractivity contribution < 1.29 is 14.3 Å². The summed E-state index contributed by atoms with van der Waals surface area (Å²) < 4.78 is 10.8. The highest BCUT2D eigenvalue weighted by atomic mass is 16.5. The van der Waals surface area contributed by atoms with Crippen LogP contribution in [0.25, 0.3) is 0 Å². The molecule has 0 aromatic heterocycles. The van der Waals surface area contributed by atoms with Crippen LogP contribution in [0.2, 0.25) is 0 Å². The Kier molecular flexibility index (Phi) is 1.95. The van der Waals surface area contributed by atoms with Crippen molar-refractivity contribution in [2.24, 2.45) is 28.6 Å². The van der Waals surface area contributed by atoms with Crippen molar-refractivity contribution in [1.29, 1.82) is 0 Å². The van der Waals surface area contributed by atoms with E-state index in [9.17, 15) is 4.79 Å². The molecule has 3 heteroatoms. The van der Waals surface area contributed by atoms with Crippen molar-refractivity contribution in [2.75, 3.05) is 14.2 Å².